The molecule has 0 amide bonds. The van der Waals surface area contributed by atoms with Gasteiger partial charge in [0.2, 0.25) is 0 Å². The molecule has 0 unspecified atom stereocenters. The van der Waals surface area contributed by atoms with E-state index >= 15 is 0 Å². The Morgan fingerprint density at radius 2 is 2.18 bits per heavy atom. The standard InChI is InChI=1S/C7H14N4/c1-7(6-8-2)10-4-5-11-9-3/h4-6,9,11H,1-3H3/b5-4-,8-6?,10-7?. The zero-order valence-corrected chi connectivity index (χ0v) is 7.13. The SMILES string of the molecule is CN=CC(C)=N/C=C\NNC. The lowest BCUT2D eigenvalue weighted by molar-refractivity contribution is 0.729. The first-order valence-electron chi connectivity index (χ1n) is 3.35. The van der Waals surface area contributed by atoms with Gasteiger partial charge in [0.25, 0.3) is 0 Å². The summed E-state index contributed by atoms with van der Waals surface area (Å²) in [5.41, 5.74) is 6.37. The lowest BCUT2D eigenvalue weighted by Crippen LogP contribution is -2.20. The van der Waals surface area contributed by atoms with Gasteiger partial charge in [0.05, 0.1) is 5.71 Å². The van der Waals surface area contributed by atoms with Crippen molar-refractivity contribution in [3.8, 4) is 0 Å². The molecular weight excluding hydrogens is 140 g/mol. The van der Waals surface area contributed by atoms with E-state index in [1.807, 2.05) is 6.92 Å². The van der Waals surface area contributed by atoms with Crippen molar-refractivity contribution in [1.82, 2.24) is 10.9 Å². The van der Waals surface area contributed by atoms with Gasteiger partial charge in [-0.25, -0.2) is 5.43 Å². The fraction of sp³-hybridized carbons (Fsp3) is 0.429. The lowest BCUT2D eigenvalue weighted by Gasteiger charge is -1.91. The second kappa shape index (κ2) is 6.95. The molecule has 4 nitrogen and oxygen atoms in total. The molecule has 0 aliphatic rings. The molecule has 0 bridgehead atoms. The van der Waals surface area contributed by atoms with Crippen LogP contribution in [-0.2, 0) is 0 Å². The highest BCUT2D eigenvalue weighted by molar-refractivity contribution is 6.29. The summed E-state index contributed by atoms with van der Waals surface area (Å²) in [6.45, 7) is 1.89. The first-order chi connectivity index (χ1) is 5.31. The Labute approximate surface area is 67.1 Å². The van der Waals surface area contributed by atoms with Crippen molar-refractivity contribution in [2.24, 2.45) is 9.98 Å². The normalized spacial score (nSPS) is 13.2. The van der Waals surface area contributed by atoms with Crippen molar-refractivity contribution < 1.29 is 0 Å². The van der Waals surface area contributed by atoms with Gasteiger partial charge in [-0.05, 0) is 6.92 Å². The summed E-state index contributed by atoms with van der Waals surface area (Å²) in [6.07, 6.45) is 5.06. The first kappa shape index (κ1) is 9.84. The van der Waals surface area contributed by atoms with Crippen LogP contribution < -0.4 is 10.9 Å². The summed E-state index contributed by atoms with van der Waals surface area (Å²) in [4.78, 5) is 7.84. The van der Waals surface area contributed by atoms with Crippen molar-refractivity contribution >= 4 is 11.9 Å². The molecule has 0 rings (SSSR count). The van der Waals surface area contributed by atoms with Gasteiger partial charge >= 0.3 is 0 Å². The van der Waals surface area contributed by atoms with Crippen LogP contribution in [0.2, 0.25) is 0 Å². The van der Waals surface area contributed by atoms with Gasteiger partial charge in [-0.1, -0.05) is 0 Å². The second-order valence-electron chi connectivity index (χ2n) is 1.87. The third-order valence-electron chi connectivity index (χ3n) is 0.896. The maximum absolute atomic E-state index is 4.04. The van der Waals surface area contributed by atoms with E-state index in [0.29, 0.717) is 0 Å². The minimum Gasteiger partial charge on any atom is -0.327 e. The van der Waals surface area contributed by atoms with Crippen LogP contribution in [0.1, 0.15) is 6.92 Å². The van der Waals surface area contributed by atoms with Crippen LogP contribution in [0.5, 0.6) is 0 Å². The van der Waals surface area contributed by atoms with E-state index in [1.54, 1.807) is 32.7 Å². The summed E-state index contributed by atoms with van der Waals surface area (Å²) in [6, 6.07) is 0. The van der Waals surface area contributed by atoms with E-state index in [0.717, 1.165) is 5.71 Å². The number of hydrogen-bond donors (Lipinski definition) is 2. The summed E-state index contributed by atoms with van der Waals surface area (Å²) >= 11 is 0. The van der Waals surface area contributed by atoms with E-state index in [-0.39, 0.29) is 0 Å². The molecule has 0 aromatic rings. The monoisotopic (exact) mass is 154 g/mol. The topological polar surface area (TPSA) is 48.8 Å². The fourth-order valence-corrected chi connectivity index (χ4v) is 0.496. The highest BCUT2D eigenvalue weighted by Crippen LogP contribution is 1.75. The Morgan fingerprint density at radius 3 is 2.73 bits per heavy atom. The van der Waals surface area contributed by atoms with Crippen molar-refractivity contribution in [2.75, 3.05) is 14.1 Å². The quantitative estimate of drug-likeness (QED) is 0.453. The van der Waals surface area contributed by atoms with Gasteiger partial charge in [-0.15, -0.1) is 0 Å². The van der Waals surface area contributed by atoms with Gasteiger partial charge in [-0.2, -0.15) is 0 Å². The zero-order valence-electron chi connectivity index (χ0n) is 7.13. The number of nitrogens with one attached hydrogen (secondary N) is 2. The molecule has 62 valence electrons. The maximum Gasteiger partial charge on any atom is 0.0551 e. The Morgan fingerprint density at radius 1 is 1.45 bits per heavy atom. The van der Waals surface area contributed by atoms with Crippen LogP contribution in [0.25, 0.3) is 0 Å². The number of rotatable bonds is 4. The number of aliphatic imine (C=N–C) groups is 2. The highest BCUT2D eigenvalue weighted by atomic mass is 15.3. The molecular formula is C7H14N4. The van der Waals surface area contributed by atoms with Crippen molar-refractivity contribution in [2.45, 2.75) is 6.92 Å². The van der Waals surface area contributed by atoms with E-state index in [4.69, 9.17) is 0 Å². The summed E-state index contributed by atoms with van der Waals surface area (Å²) in [7, 11) is 3.50. The minimum absolute atomic E-state index is 0.877. The summed E-state index contributed by atoms with van der Waals surface area (Å²) in [5.74, 6) is 0. The Balaban J connectivity index is 3.71. The van der Waals surface area contributed by atoms with E-state index in [2.05, 4.69) is 20.8 Å². The largest absolute Gasteiger partial charge is 0.327 e. The lowest BCUT2D eigenvalue weighted by atomic mass is 10.5. The minimum atomic E-state index is 0.877. The Bertz CT molecular complexity index is 169. The van der Waals surface area contributed by atoms with Crippen molar-refractivity contribution in [3.63, 3.8) is 0 Å². The second-order valence-corrected chi connectivity index (χ2v) is 1.87. The molecule has 0 aliphatic carbocycles. The van der Waals surface area contributed by atoms with Gasteiger partial charge < -0.3 is 5.43 Å². The number of hydrogen-bond acceptors (Lipinski definition) is 4. The van der Waals surface area contributed by atoms with Gasteiger partial charge in [-0.3, -0.25) is 9.98 Å². The van der Waals surface area contributed by atoms with Gasteiger partial charge in [0.15, 0.2) is 0 Å². The van der Waals surface area contributed by atoms with E-state index in [1.165, 1.54) is 0 Å². The molecule has 0 radical (unpaired) electrons. The number of nitrogens with zero attached hydrogens (tertiary/aromatic N) is 2. The summed E-state index contributed by atoms with van der Waals surface area (Å²) < 4.78 is 0. The van der Waals surface area contributed by atoms with Crippen LogP contribution in [0.4, 0.5) is 0 Å². The van der Waals surface area contributed by atoms with Crippen LogP contribution in [0.3, 0.4) is 0 Å². The fourth-order valence-electron chi connectivity index (χ4n) is 0.496. The molecule has 11 heavy (non-hydrogen) atoms. The van der Waals surface area contributed by atoms with Crippen LogP contribution in [0.15, 0.2) is 22.4 Å². The number of hydrazine groups is 1. The molecule has 0 aromatic heterocycles. The highest BCUT2D eigenvalue weighted by Gasteiger charge is 1.76. The smallest absolute Gasteiger partial charge is 0.0551 e. The Kier molecular flexibility index (Phi) is 6.22. The first-order valence-corrected chi connectivity index (χ1v) is 3.35. The van der Waals surface area contributed by atoms with Gasteiger partial charge in [0.1, 0.15) is 0 Å². The van der Waals surface area contributed by atoms with Crippen LogP contribution in [0, 0.1) is 0 Å². The molecule has 0 spiro atoms. The average molecular weight is 154 g/mol. The molecule has 0 atom stereocenters. The summed E-state index contributed by atoms with van der Waals surface area (Å²) in [5, 5.41) is 0. The third kappa shape index (κ3) is 6.73. The molecule has 4 heteroatoms. The maximum atomic E-state index is 4.04. The zero-order chi connectivity index (χ0) is 8.53. The van der Waals surface area contributed by atoms with Gasteiger partial charge in [0, 0.05) is 32.7 Å². The molecule has 0 aliphatic heterocycles. The molecule has 0 heterocycles. The van der Waals surface area contributed by atoms with Crippen molar-refractivity contribution in [1.29, 1.82) is 0 Å². The van der Waals surface area contributed by atoms with E-state index in [9.17, 15) is 0 Å². The molecule has 0 saturated carbocycles. The van der Waals surface area contributed by atoms with E-state index < -0.39 is 0 Å². The van der Waals surface area contributed by atoms with Crippen molar-refractivity contribution in [3.05, 3.63) is 12.4 Å². The molecule has 0 saturated heterocycles. The molecule has 0 aromatic carbocycles. The van der Waals surface area contributed by atoms with Crippen LogP contribution >= 0.6 is 0 Å². The average Bonchev–Trinajstić information content (AvgIpc) is 1.99. The third-order valence-corrected chi connectivity index (χ3v) is 0.896. The van der Waals surface area contributed by atoms with Crippen LogP contribution in [-0.4, -0.2) is 26.0 Å². The molecule has 0 fully saturated rings. The molecule has 2 N–H and O–H groups in total. The predicted molar refractivity (Wildman–Crippen MR) is 48.9 cm³/mol. The Hall–Kier alpha value is -1.16. The predicted octanol–water partition coefficient (Wildman–Crippen LogP) is 0.343.